The van der Waals surface area contributed by atoms with E-state index in [1.165, 1.54) is 0 Å². The zero-order valence-corrected chi connectivity index (χ0v) is 13.3. The predicted octanol–water partition coefficient (Wildman–Crippen LogP) is 1.83. The molecule has 1 amide bonds. The Morgan fingerprint density at radius 2 is 1.75 bits per heavy atom. The van der Waals surface area contributed by atoms with Crippen molar-refractivity contribution in [2.24, 2.45) is 0 Å². The summed E-state index contributed by atoms with van der Waals surface area (Å²) >= 11 is 0. The number of piperazine rings is 1. The van der Waals surface area contributed by atoms with E-state index in [1.807, 2.05) is 0 Å². The Morgan fingerprint density at radius 3 is 2.42 bits per heavy atom. The third-order valence-electron chi connectivity index (χ3n) is 3.78. The summed E-state index contributed by atoms with van der Waals surface area (Å²) in [6.07, 6.45) is 0. The molecule has 1 fully saturated rings. The van der Waals surface area contributed by atoms with Gasteiger partial charge in [0, 0.05) is 13.1 Å². The lowest BCUT2D eigenvalue weighted by atomic mass is 10.1. The summed E-state index contributed by atoms with van der Waals surface area (Å²) in [7, 11) is -4.17. The van der Waals surface area contributed by atoms with Crippen molar-refractivity contribution in [3.8, 4) is 0 Å². The number of benzene rings is 2. The third kappa shape index (κ3) is 2.90. The molecule has 0 aromatic heterocycles. The van der Waals surface area contributed by atoms with Gasteiger partial charge in [0.05, 0.1) is 4.90 Å². The van der Waals surface area contributed by atoms with E-state index >= 15 is 0 Å². The number of hydrogen-bond donors (Lipinski definition) is 1. The number of amides is 1. The molecular formula is C16H14F2N2O3S. The number of rotatable bonds is 3. The summed E-state index contributed by atoms with van der Waals surface area (Å²) in [5.74, 6) is -2.85. The molecule has 1 heterocycles. The van der Waals surface area contributed by atoms with Gasteiger partial charge in [-0.2, -0.15) is 4.31 Å². The van der Waals surface area contributed by atoms with Gasteiger partial charge in [0.15, 0.2) is 11.6 Å². The highest BCUT2D eigenvalue weighted by Gasteiger charge is 2.39. The lowest BCUT2D eigenvalue weighted by Crippen LogP contribution is -2.52. The molecule has 0 saturated carbocycles. The minimum Gasteiger partial charge on any atom is -0.353 e. The summed E-state index contributed by atoms with van der Waals surface area (Å²) in [5.41, 5.74) is 0.501. The monoisotopic (exact) mass is 352 g/mol. The molecule has 2 aromatic rings. The van der Waals surface area contributed by atoms with E-state index in [0.717, 1.165) is 16.4 Å². The topological polar surface area (TPSA) is 66.5 Å². The lowest BCUT2D eigenvalue weighted by Gasteiger charge is -2.34. The first-order valence-corrected chi connectivity index (χ1v) is 8.65. The average Bonchev–Trinajstić information content (AvgIpc) is 2.57. The van der Waals surface area contributed by atoms with E-state index < -0.39 is 38.5 Å². The second kappa shape index (κ2) is 6.29. The smallest absolute Gasteiger partial charge is 0.244 e. The molecule has 0 aliphatic carbocycles. The molecule has 1 aliphatic heterocycles. The van der Waals surface area contributed by atoms with Gasteiger partial charge in [-0.25, -0.2) is 17.2 Å². The summed E-state index contributed by atoms with van der Waals surface area (Å²) in [4.78, 5) is 11.9. The molecule has 0 bridgehead atoms. The Bertz CT molecular complexity index is 872. The van der Waals surface area contributed by atoms with E-state index in [1.54, 1.807) is 30.3 Å². The molecule has 24 heavy (non-hydrogen) atoms. The van der Waals surface area contributed by atoms with Crippen molar-refractivity contribution in [3.63, 3.8) is 0 Å². The SMILES string of the molecule is O=C1NCCN(S(=O)(=O)c2ccc(F)c(F)c2)[C@H]1c1ccccc1. The Kier molecular flexibility index (Phi) is 4.33. The maximum atomic E-state index is 13.4. The largest absolute Gasteiger partial charge is 0.353 e. The fourth-order valence-corrected chi connectivity index (χ4v) is 4.22. The van der Waals surface area contributed by atoms with Crippen LogP contribution in [0.15, 0.2) is 53.4 Å². The first kappa shape index (κ1) is 16.5. The molecule has 126 valence electrons. The third-order valence-corrected chi connectivity index (χ3v) is 5.64. The Hall–Kier alpha value is -2.32. The fraction of sp³-hybridized carbons (Fsp3) is 0.188. The number of nitrogens with one attached hydrogen (secondary N) is 1. The quantitative estimate of drug-likeness (QED) is 0.916. The van der Waals surface area contributed by atoms with Crippen LogP contribution in [0.3, 0.4) is 0 Å². The van der Waals surface area contributed by atoms with Crippen molar-refractivity contribution in [1.82, 2.24) is 9.62 Å². The van der Waals surface area contributed by atoms with Gasteiger partial charge in [-0.1, -0.05) is 30.3 Å². The van der Waals surface area contributed by atoms with E-state index in [-0.39, 0.29) is 13.1 Å². The molecule has 5 nitrogen and oxygen atoms in total. The molecule has 0 radical (unpaired) electrons. The van der Waals surface area contributed by atoms with Gasteiger partial charge in [-0.05, 0) is 23.8 Å². The molecule has 0 spiro atoms. The average molecular weight is 352 g/mol. The molecule has 1 aliphatic rings. The maximum absolute atomic E-state index is 13.4. The van der Waals surface area contributed by atoms with Crippen molar-refractivity contribution < 1.29 is 22.0 Å². The van der Waals surface area contributed by atoms with Crippen LogP contribution >= 0.6 is 0 Å². The first-order valence-electron chi connectivity index (χ1n) is 7.21. The molecule has 1 saturated heterocycles. The van der Waals surface area contributed by atoms with Crippen LogP contribution < -0.4 is 5.32 Å². The number of halogens is 2. The molecule has 8 heteroatoms. The number of carbonyl (C=O) groups is 1. The molecule has 3 rings (SSSR count). The van der Waals surface area contributed by atoms with Crippen LogP contribution in [0.2, 0.25) is 0 Å². The highest BCUT2D eigenvalue weighted by atomic mass is 32.2. The van der Waals surface area contributed by atoms with Gasteiger partial charge in [-0.3, -0.25) is 4.79 Å². The van der Waals surface area contributed by atoms with Crippen LogP contribution in [0, 0.1) is 11.6 Å². The number of carbonyl (C=O) groups excluding carboxylic acids is 1. The van der Waals surface area contributed by atoms with Gasteiger partial charge in [0.2, 0.25) is 15.9 Å². The summed E-state index contributed by atoms with van der Waals surface area (Å²) in [6, 6.07) is 9.73. The summed E-state index contributed by atoms with van der Waals surface area (Å²) in [6.45, 7) is 0.178. The Labute approximate surface area is 138 Å². The van der Waals surface area contributed by atoms with Crippen LogP contribution in [0.1, 0.15) is 11.6 Å². The summed E-state index contributed by atoms with van der Waals surface area (Å²) in [5, 5.41) is 2.63. The molecule has 0 unspecified atom stereocenters. The van der Waals surface area contributed by atoms with Crippen molar-refractivity contribution in [2.75, 3.05) is 13.1 Å². The van der Waals surface area contributed by atoms with Gasteiger partial charge in [-0.15, -0.1) is 0 Å². The number of nitrogens with zero attached hydrogens (tertiary/aromatic N) is 1. The van der Waals surface area contributed by atoms with Crippen molar-refractivity contribution in [2.45, 2.75) is 10.9 Å². The van der Waals surface area contributed by atoms with Crippen LogP contribution in [0.4, 0.5) is 8.78 Å². The van der Waals surface area contributed by atoms with Crippen LogP contribution in [0.25, 0.3) is 0 Å². The Balaban J connectivity index is 2.06. The van der Waals surface area contributed by atoms with Gasteiger partial charge >= 0.3 is 0 Å². The highest BCUT2D eigenvalue weighted by molar-refractivity contribution is 7.89. The minimum absolute atomic E-state index is 0.0344. The van der Waals surface area contributed by atoms with Crippen LogP contribution in [-0.2, 0) is 14.8 Å². The van der Waals surface area contributed by atoms with Gasteiger partial charge in [0.1, 0.15) is 6.04 Å². The molecule has 1 N–H and O–H groups in total. The van der Waals surface area contributed by atoms with E-state index in [4.69, 9.17) is 0 Å². The van der Waals surface area contributed by atoms with Crippen LogP contribution in [0.5, 0.6) is 0 Å². The van der Waals surface area contributed by atoms with E-state index in [0.29, 0.717) is 11.6 Å². The lowest BCUT2D eigenvalue weighted by molar-refractivity contribution is -0.126. The fourth-order valence-electron chi connectivity index (χ4n) is 2.63. The first-order chi connectivity index (χ1) is 11.4. The van der Waals surface area contributed by atoms with E-state index in [2.05, 4.69) is 5.32 Å². The zero-order valence-electron chi connectivity index (χ0n) is 12.4. The van der Waals surface area contributed by atoms with E-state index in [9.17, 15) is 22.0 Å². The van der Waals surface area contributed by atoms with Crippen molar-refractivity contribution in [3.05, 3.63) is 65.7 Å². The molecule has 2 aromatic carbocycles. The van der Waals surface area contributed by atoms with Gasteiger partial charge < -0.3 is 5.32 Å². The second-order valence-corrected chi connectivity index (χ2v) is 7.19. The second-order valence-electron chi connectivity index (χ2n) is 5.30. The maximum Gasteiger partial charge on any atom is 0.244 e. The van der Waals surface area contributed by atoms with Crippen molar-refractivity contribution >= 4 is 15.9 Å². The number of hydrogen-bond acceptors (Lipinski definition) is 3. The molecule has 1 atom stereocenters. The molecular weight excluding hydrogens is 338 g/mol. The Morgan fingerprint density at radius 1 is 1.04 bits per heavy atom. The summed E-state index contributed by atoms with van der Waals surface area (Å²) < 4.78 is 53.2. The number of sulfonamides is 1. The van der Waals surface area contributed by atoms with Gasteiger partial charge in [0.25, 0.3) is 0 Å². The van der Waals surface area contributed by atoms with Crippen LogP contribution in [-0.4, -0.2) is 31.7 Å². The predicted molar refractivity (Wildman–Crippen MR) is 82.4 cm³/mol. The normalized spacial score (nSPS) is 19.1. The standard InChI is InChI=1S/C16H14F2N2O3S/c17-13-7-6-12(10-14(13)18)24(22,23)20-9-8-19-16(21)15(20)11-4-2-1-3-5-11/h1-7,10,15H,8-9H2,(H,19,21)/t15-/m0/s1. The van der Waals surface area contributed by atoms with Crippen molar-refractivity contribution in [1.29, 1.82) is 0 Å². The minimum atomic E-state index is -4.17. The zero-order chi connectivity index (χ0) is 17.3. The highest BCUT2D eigenvalue weighted by Crippen LogP contribution is 2.30.